The zero-order valence-corrected chi connectivity index (χ0v) is 16.4. The predicted molar refractivity (Wildman–Crippen MR) is 104 cm³/mol. The van der Waals surface area contributed by atoms with Gasteiger partial charge in [-0.25, -0.2) is 4.79 Å². The van der Waals surface area contributed by atoms with Crippen molar-refractivity contribution in [2.45, 2.75) is 11.3 Å². The normalized spacial score (nSPS) is 15.0. The molecule has 4 rings (SSSR count). The maximum Gasteiger partial charge on any atom is 0.337 e. The van der Waals surface area contributed by atoms with Gasteiger partial charge in [0.1, 0.15) is 12.4 Å². The molecule has 150 valence electrons. The van der Waals surface area contributed by atoms with E-state index in [0.717, 1.165) is 0 Å². The molecule has 9 heteroatoms. The number of fused-ring (bicyclic) bond motifs is 1. The van der Waals surface area contributed by atoms with Gasteiger partial charge in [0.15, 0.2) is 11.5 Å². The monoisotopic (exact) mass is 414 g/mol. The van der Waals surface area contributed by atoms with Crippen LogP contribution in [-0.2, 0) is 4.74 Å². The highest BCUT2D eigenvalue weighted by Gasteiger charge is 2.27. The first kappa shape index (κ1) is 19.1. The lowest BCUT2D eigenvalue weighted by Crippen LogP contribution is -2.21. The molecule has 0 N–H and O–H groups in total. The zero-order valence-electron chi connectivity index (χ0n) is 15.6. The summed E-state index contributed by atoms with van der Waals surface area (Å²) >= 11 is 1.39. The number of rotatable bonds is 7. The topological polar surface area (TPSA) is 92.9 Å². The largest absolute Gasteiger partial charge is 0.493 e. The summed E-state index contributed by atoms with van der Waals surface area (Å²) < 4.78 is 27.5. The lowest BCUT2D eigenvalue weighted by molar-refractivity contribution is 0.0600. The van der Waals surface area contributed by atoms with E-state index in [2.05, 4.69) is 14.9 Å². The summed E-state index contributed by atoms with van der Waals surface area (Å²) in [5.74, 6) is 2.63. The Morgan fingerprint density at radius 2 is 1.93 bits per heavy atom. The molecule has 1 unspecified atom stereocenters. The average Bonchev–Trinajstić information content (AvgIpc) is 3.25. The smallest absolute Gasteiger partial charge is 0.337 e. The maximum absolute atomic E-state index is 11.4. The summed E-state index contributed by atoms with van der Waals surface area (Å²) in [6, 6.07) is 14.2. The predicted octanol–water partition coefficient (Wildman–Crippen LogP) is 3.54. The van der Waals surface area contributed by atoms with Crippen LogP contribution in [-0.4, -0.2) is 42.2 Å². The molecule has 1 aliphatic heterocycles. The molecule has 2 aromatic carbocycles. The number of thioether (sulfide) groups is 1. The number of esters is 1. The second-order valence-corrected chi connectivity index (χ2v) is 7.03. The molecule has 0 amide bonds. The fourth-order valence-electron chi connectivity index (χ4n) is 2.64. The molecule has 1 aliphatic rings. The lowest BCUT2D eigenvalue weighted by Gasteiger charge is -2.23. The molecule has 0 bridgehead atoms. The third kappa shape index (κ3) is 4.62. The van der Waals surface area contributed by atoms with E-state index < -0.39 is 6.10 Å². The van der Waals surface area contributed by atoms with Gasteiger partial charge in [-0.05, 0) is 36.4 Å². The van der Waals surface area contributed by atoms with Crippen LogP contribution in [0.25, 0.3) is 0 Å². The van der Waals surface area contributed by atoms with Crippen LogP contribution in [0.1, 0.15) is 22.4 Å². The number of para-hydroxylation sites is 2. The second-order valence-electron chi connectivity index (χ2n) is 5.98. The molecule has 0 saturated heterocycles. The van der Waals surface area contributed by atoms with Gasteiger partial charge >= 0.3 is 5.97 Å². The lowest BCUT2D eigenvalue weighted by atomic mass is 10.2. The van der Waals surface area contributed by atoms with Crippen LogP contribution in [0, 0.1) is 0 Å². The van der Waals surface area contributed by atoms with E-state index in [1.54, 1.807) is 24.3 Å². The number of aromatic nitrogens is 2. The standard InChI is InChI=1S/C20H18N2O6S/c1-24-19(23)13-6-8-14(9-7-13)25-10-11-29-20-22-21-18(28-20)17-12-26-15-4-2-3-5-16(15)27-17/h2-9,17H,10-12H2,1H3. The Bertz CT molecular complexity index is 975. The van der Waals surface area contributed by atoms with Crippen molar-refractivity contribution in [2.75, 3.05) is 26.1 Å². The van der Waals surface area contributed by atoms with Gasteiger partial charge in [0.05, 0.1) is 19.3 Å². The molecule has 0 saturated carbocycles. The van der Waals surface area contributed by atoms with Crippen molar-refractivity contribution in [3.8, 4) is 17.2 Å². The van der Waals surface area contributed by atoms with Gasteiger partial charge in [0, 0.05) is 5.75 Å². The van der Waals surface area contributed by atoms with E-state index in [9.17, 15) is 4.79 Å². The van der Waals surface area contributed by atoms with E-state index in [-0.39, 0.29) is 5.97 Å². The van der Waals surface area contributed by atoms with Crippen LogP contribution in [0.3, 0.4) is 0 Å². The SMILES string of the molecule is COC(=O)c1ccc(OCCSc2nnc(C3COc4ccccc4O3)o2)cc1. The van der Waals surface area contributed by atoms with Crippen LogP contribution in [0.5, 0.6) is 17.2 Å². The molecule has 8 nitrogen and oxygen atoms in total. The first-order valence-corrected chi connectivity index (χ1v) is 9.87. The van der Waals surface area contributed by atoms with Gasteiger partial charge in [0.25, 0.3) is 11.1 Å². The summed E-state index contributed by atoms with van der Waals surface area (Å²) in [5, 5.41) is 8.53. The van der Waals surface area contributed by atoms with E-state index in [4.69, 9.17) is 18.6 Å². The Morgan fingerprint density at radius 1 is 1.14 bits per heavy atom. The van der Waals surface area contributed by atoms with E-state index in [1.165, 1.54) is 18.9 Å². The molecule has 0 aliphatic carbocycles. The number of nitrogens with zero attached hydrogens (tertiary/aromatic N) is 2. The molecule has 1 aromatic heterocycles. The fraction of sp³-hybridized carbons (Fsp3) is 0.250. The van der Waals surface area contributed by atoms with Crippen molar-refractivity contribution in [1.82, 2.24) is 10.2 Å². The number of benzene rings is 2. The van der Waals surface area contributed by atoms with Gasteiger partial charge in [-0.15, -0.1) is 10.2 Å². The van der Waals surface area contributed by atoms with Gasteiger partial charge in [-0.3, -0.25) is 0 Å². The highest BCUT2D eigenvalue weighted by Crippen LogP contribution is 2.35. The highest BCUT2D eigenvalue weighted by molar-refractivity contribution is 7.99. The van der Waals surface area contributed by atoms with Gasteiger partial charge in [-0.2, -0.15) is 0 Å². The molecular weight excluding hydrogens is 396 g/mol. The minimum Gasteiger partial charge on any atom is -0.493 e. The Hall–Kier alpha value is -3.20. The van der Waals surface area contributed by atoms with Crippen molar-refractivity contribution in [2.24, 2.45) is 0 Å². The maximum atomic E-state index is 11.4. The molecule has 0 fully saturated rings. The number of carbonyl (C=O) groups excluding carboxylic acids is 1. The molecular formula is C20H18N2O6S. The molecule has 3 aromatic rings. The Morgan fingerprint density at radius 3 is 2.72 bits per heavy atom. The van der Waals surface area contributed by atoms with Crippen molar-refractivity contribution in [3.05, 3.63) is 60.0 Å². The summed E-state index contributed by atoms with van der Waals surface area (Å²) in [4.78, 5) is 11.4. The Kier molecular flexibility index (Phi) is 5.85. The third-order valence-electron chi connectivity index (χ3n) is 4.06. The number of ether oxygens (including phenoxy) is 4. The molecule has 0 spiro atoms. The third-order valence-corrected chi connectivity index (χ3v) is 4.84. The van der Waals surface area contributed by atoms with Crippen molar-refractivity contribution in [3.63, 3.8) is 0 Å². The van der Waals surface area contributed by atoms with E-state index in [0.29, 0.717) is 52.9 Å². The van der Waals surface area contributed by atoms with Crippen LogP contribution < -0.4 is 14.2 Å². The first-order chi connectivity index (χ1) is 14.2. The van der Waals surface area contributed by atoms with Crippen molar-refractivity contribution in [1.29, 1.82) is 0 Å². The Labute approximate surface area is 171 Å². The number of carbonyl (C=O) groups is 1. The van der Waals surface area contributed by atoms with Gasteiger partial charge < -0.3 is 23.4 Å². The number of hydrogen-bond donors (Lipinski definition) is 0. The molecule has 29 heavy (non-hydrogen) atoms. The van der Waals surface area contributed by atoms with E-state index in [1.807, 2.05) is 24.3 Å². The minimum absolute atomic E-state index is 0.313. The van der Waals surface area contributed by atoms with Crippen molar-refractivity contribution < 1.29 is 28.2 Å². The first-order valence-electron chi connectivity index (χ1n) is 8.89. The number of methoxy groups -OCH3 is 1. The molecule has 0 radical (unpaired) electrons. The summed E-state index contributed by atoms with van der Waals surface area (Å²) in [5.41, 5.74) is 0.476. The van der Waals surface area contributed by atoms with Crippen LogP contribution >= 0.6 is 11.8 Å². The second kappa shape index (κ2) is 8.87. The zero-order chi connectivity index (χ0) is 20.1. The summed E-state index contributed by atoms with van der Waals surface area (Å²) in [6.45, 7) is 0.754. The average molecular weight is 414 g/mol. The summed E-state index contributed by atoms with van der Waals surface area (Å²) in [6.07, 6.45) is -0.434. The highest BCUT2D eigenvalue weighted by atomic mass is 32.2. The number of hydrogen-bond acceptors (Lipinski definition) is 9. The van der Waals surface area contributed by atoms with Crippen LogP contribution in [0.15, 0.2) is 58.2 Å². The van der Waals surface area contributed by atoms with Gasteiger partial charge in [-0.1, -0.05) is 23.9 Å². The van der Waals surface area contributed by atoms with E-state index >= 15 is 0 Å². The van der Waals surface area contributed by atoms with Crippen LogP contribution in [0.4, 0.5) is 0 Å². The molecule has 2 heterocycles. The Balaban J connectivity index is 1.24. The van der Waals surface area contributed by atoms with Gasteiger partial charge in [0.2, 0.25) is 6.10 Å². The minimum atomic E-state index is -0.434. The quantitative estimate of drug-likeness (QED) is 0.327. The molecule has 1 atom stereocenters. The summed E-state index contributed by atoms with van der Waals surface area (Å²) in [7, 11) is 1.35. The van der Waals surface area contributed by atoms with Crippen molar-refractivity contribution >= 4 is 17.7 Å². The van der Waals surface area contributed by atoms with Crippen LogP contribution in [0.2, 0.25) is 0 Å². The fourth-order valence-corrected chi connectivity index (χ4v) is 3.23.